The maximum absolute atomic E-state index is 12.6. The highest BCUT2D eigenvalue weighted by atomic mass is 127. The van der Waals surface area contributed by atoms with Crippen LogP contribution in [-0.2, 0) is 11.2 Å². The summed E-state index contributed by atoms with van der Waals surface area (Å²) in [5.41, 5.74) is 9.76. The molecule has 1 unspecified atom stereocenters. The smallest absolute Gasteiger partial charge is 0.408 e. The summed E-state index contributed by atoms with van der Waals surface area (Å²) < 4.78 is 5.51. The maximum Gasteiger partial charge on any atom is 0.408 e. The molecular formula is C26H31IN6O2. The molecule has 4 rings (SSSR count). The molecular weight excluding hydrogens is 555 g/mol. The zero-order valence-corrected chi connectivity index (χ0v) is 22.6. The molecule has 0 saturated carbocycles. The van der Waals surface area contributed by atoms with E-state index in [0.29, 0.717) is 18.1 Å². The van der Waals surface area contributed by atoms with Crippen LogP contribution in [0.25, 0.3) is 22.2 Å². The molecule has 0 aliphatic rings. The number of nitrogens with one attached hydrogen (secondary N) is 3. The summed E-state index contributed by atoms with van der Waals surface area (Å²) in [6, 6.07) is 15.4. The van der Waals surface area contributed by atoms with Crippen LogP contribution in [0, 0.1) is 0 Å². The van der Waals surface area contributed by atoms with Gasteiger partial charge in [0.05, 0.1) is 29.5 Å². The summed E-state index contributed by atoms with van der Waals surface area (Å²) >= 11 is 0. The van der Waals surface area contributed by atoms with Crippen molar-refractivity contribution >= 4 is 52.5 Å². The molecule has 0 saturated heterocycles. The first kappa shape index (κ1) is 26.3. The minimum atomic E-state index is -0.601. The molecule has 0 aliphatic heterocycles. The molecule has 2 heterocycles. The lowest BCUT2D eigenvalue weighted by molar-refractivity contribution is 0.0501. The largest absolute Gasteiger partial charge is 0.444 e. The Morgan fingerprint density at radius 2 is 1.89 bits per heavy atom. The highest BCUT2D eigenvalue weighted by Gasteiger charge is 2.24. The summed E-state index contributed by atoms with van der Waals surface area (Å²) in [6.07, 6.45) is 3.78. The van der Waals surface area contributed by atoms with Crippen LogP contribution in [-0.4, -0.2) is 32.5 Å². The number of H-pyrrole nitrogens is 2. The Labute approximate surface area is 221 Å². The van der Waals surface area contributed by atoms with Crippen molar-refractivity contribution in [2.24, 2.45) is 10.7 Å². The van der Waals surface area contributed by atoms with Crippen molar-refractivity contribution in [3.05, 3.63) is 72.3 Å². The maximum atomic E-state index is 12.6. The van der Waals surface area contributed by atoms with Gasteiger partial charge in [0.2, 0.25) is 0 Å². The van der Waals surface area contributed by atoms with Crippen LogP contribution < -0.4 is 11.1 Å². The van der Waals surface area contributed by atoms with Gasteiger partial charge >= 0.3 is 6.09 Å². The number of para-hydroxylation sites is 1. The van der Waals surface area contributed by atoms with Crippen LogP contribution in [0.1, 0.15) is 45.1 Å². The Kier molecular flexibility index (Phi) is 8.21. The number of aromatic nitrogens is 3. The highest BCUT2D eigenvalue weighted by molar-refractivity contribution is 14.0. The Balaban J connectivity index is 0.00000342. The van der Waals surface area contributed by atoms with Gasteiger partial charge in [0.1, 0.15) is 11.4 Å². The number of amidine groups is 1. The van der Waals surface area contributed by atoms with Gasteiger partial charge in [-0.15, -0.1) is 24.0 Å². The van der Waals surface area contributed by atoms with Crippen LogP contribution in [0.15, 0.2) is 65.9 Å². The summed E-state index contributed by atoms with van der Waals surface area (Å²) in [4.78, 5) is 28.1. The van der Waals surface area contributed by atoms with Gasteiger partial charge in [-0.3, -0.25) is 0 Å². The number of hydrogen-bond acceptors (Lipinski definition) is 4. The number of aliphatic imine (C=N–C) groups is 1. The molecule has 0 radical (unpaired) electrons. The van der Waals surface area contributed by atoms with E-state index >= 15 is 0 Å². The van der Waals surface area contributed by atoms with E-state index in [1.165, 1.54) is 0 Å². The minimum Gasteiger partial charge on any atom is -0.444 e. The molecule has 8 nitrogen and oxygen atoms in total. The number of nitrogens with two attached hydrogens (primary N) is 1. The van der Waals surface area contributed by atoms with Crippen molar-refractivity contribution in [3.8, 4) is 11.3 Å². The normalized spacial score (nSPS) is 12.7. The quantitative estimate of drug-likeness (QED) is 0.126. The average molecular weight is 586 g/mol. The predicted octanol–water partition coefficient (Wildman–Crippen LogP) is 5.99. The Morgan fingerprint density at radius 1 is 1.17 bits per heavy atom. The second-order valence-corrected chi connectivity index (χ2v) is 9.24. The molecule has 2 aromatic carbocycles. The van der Waals surface area contributed by atoms with Crippen LogP contribution in [0.4, 0.5) is 10.5 Å². The second kappa shape index (κ2) is 10.9. The van der Waals surface area contributed by atoms with Gasteiger partial charge in [-0.1, -0.05) is 30.3 Å². The molecule has 0 fully saturated rings. The minimum absolute atomic E-state index is 0. The van der Waals surface area contributed by atoms with Crippen LogP contribution >= 0.6 is 24.0 Å². The summed E-state index contributed by atoms with van der Waals surface area (Å²) in [6.45, 7) is 7.27. The fourth-order valence-corrected chi connectivity index (χ4v) is 3.77. The Morgan fingerprint density at radius 3 is 2.57 bits per heavy atom. The number of halogens is 1. The van der Waals surface area contributed by atoms with Gasteiger partial charge in [-0.2, -0.15) is 0 Å². The van der Waals surface area contributed by atoms with E-state index in [1.54, 1.807) is 13.1 Å². The van der Waals surface area contributed by atoms with Gasteiger partial charge in [0, 0.05) is 23.5 Å². The molecule has 4 aromatic rings. The first-order chi connectivity index (χ1) is 16.2. The third-order valence-electron chi connectivity index (χ3n) is 5.20. The van der Waals surface area contributed by atoms with Crippen molar-refractivity contribution in [1.82, 2.24) is 20.3 Å². The zero-order chi connectivity index (χ0) is 24.3. The van der Waals surface area contributed by atoms with Crippen molar-refractivity contribution in [3.63, 3.8) is 0 Å². The number of carbonyl (C=O) groups is 1. The molecule has 0 spiro atoms. The molecule has 1 atom stereocenters. The van der Waals surface area contributed by atoms with Crippen LogP contribution in [0.3, 0.4) is 0 Å². The first-order valence-electron chi connectivity index (χ1n) is 11.2. The number of imidazole rings is 1. The number of amides is 1. The van der Waals surface area contributed by atoms with Gasteiger partial charge in [0.25, 0.3) is 0 Å². The van der Waals surface area contributed by atoms with Gasteiger partial charge in [-0.25, -0.2) is 14.8 Å². The number of alkyl carbamates (subject to hydrolysis) is 1. The van der Waals surface area contributed by atoms with Crippen molar-refractivity contribution in [1.29, 1.82) is 0 Å². The highest BCUT2D eigenvalue weighted by Crippen LogP contribution is 2.27. The van der Waals surface area contributed by atoms with Crippen LogP contribution in [0.5, 0.6) is 0 Å². The lowest BCUT2D eigenvalue weighted by Gasteiger charge is -2.23. The number of aromatic amines is 2. The number of hydrogen-bond donors (Lipinski definition) is 4. The molecule has 9 heteroatoms. The second-order valence-electron chi connectivity index (χ2n) is 9.24. The molecule has 184 valence electrons. The van der Waals surface area contributed by atoms with E-state index in [4.69, 9.17) is 10.5 Å². The molecule has 2 aromatic heterocycles. The number of nitrogens with zero attached hydrogens (tertiary/aromatic N) is 2. The van der Waals surface area contributed by atoms with E-state index < -0.39 is 17.7 Å². The predicted molar refractivity (Wildman–Crippen MR) is 151 cm³/mol. The topological polar surface area (TPSA) is 121 Å². The zero-order valence-electron chi connectivity index (χ0n) is 20.3. The first-order valence-corrected chi connectivity index (χ1v) is 11.2. The number of fused-ring (bicyclic) bond motifs is 1. The molecule has 5 N–H and O–H groups in total. The van der Waals surface area contributed by atoms with Crippen molar-refractivity contribution in [2.45, 2.75) is 45.8 Å². The number of carbonyl (C=O) groups excluding carboxylic acids is 1. The number of rotatable bonds is 6. The molecule has 1 amide bonds. The Bertz CT molecular complexity index is 1310. The van der Waals surface area contributed by atoms with E-state index in [9.17, 15) is 4.79 Å². The van der Waals surface area contributed by atoms with E-state index in [1.807, 2.05) is 69.4 Å². The molecule has 35 heavy (non-hydrogen) atoms. The van der Waals surface area contributed by atoms with Crippen LogP contribution in [0.2, 0.25) is 0 Å². The van der Waals surface area contributed by atoms with Gasteiger partial charge in [-0.05, 0) is 57.0 Å². The fourth-order valence-electron chi connectivity index (χ4n) is 3.77. The molecule has 0 bridgehead atoms. The van der Waals surface area contributed by atoms with E-state index in [2.05, 4.69) is 31.3 Å². The number of benzene rings is 2. The third-order valence-corrected chi connectivity index (χ3v) is 5.20. The van der Waals surface area contributed by atoms with E-state index in [-0.39, 0.29) is 24.0 Å². The van der Waals surface area contributed by atoms with Crippen molar-refractivity contribution < 1.29 is 9.53 Å². The average Bonchev–Trinajstić information content (AvgIpc) is 3.40. The summed E-state index contributed by atoms with van der Waals surface area (Å²) in [5, 5.41) is 4.10. The summed E-state index contributed by atoms with van der Waals surface area (Å²) in [5.74, 6) is 1.15. The summed E-state index contributed by atoms with van der Waals surface area (Å²) in [7, 11) is 0. The van der Waals surface area contributed by atoms with Crippen molar-refractivity contribution in [2.75, 3.05) is 0 Å². The fraction of sp³-hybridized carbons (Fsp3) is 0.269. The SMILES string of the molecule is CC(N)=Nc1ccc(-c2cnc(C(Cc3c[nH]c4ccccc34)NC(=O)OC(C)(C)C)[nH]2)cc1.I. The number of ether oxygens (including phenoxy) is 1. The lowest BCUT2D eigenvalue weighted by Crippen LogP contribution is -2.36. The Hall–Kier alpha value is -3.34. The molecule has 0 aliphatic carbocycles. The monoisotopic (exact) mass is 586 g/mol. The van der Waals surface area contributed by atoms with Gasteiger partial charge in [0.15, 0.2) is 0 Å². The lowest BCUT2D eigenvalue weighted by atomic mass is 10.0. The van der Waals surface area contributed by atoms with Gasteiger partial charge < -0.3 is 25.8 Å². The third kappa shape index (κ3) is 6.84. The van der Waals surface area contributed by atoms with E-state index in [0.717, 1.165) is 33.4 Å². The standard InChI is InChI=1S/C26H30N6O2.HI/c1-16(27)30-19-11-9-17(10-12-19)23-15-29-24(31-23)22(32-25(33)34-26(2,3)4)13-18-14-28-21-8-6-5-7-20(18)21;/h5-12,14-15,22,28H,13H2,1-4H3,(H2,27,30)(H,29,31)(H,32,33);1H.